The van der Waals surface area contributed by atoms with Gasteiger partial charge < -0.3 is 15.2 Å². The van der Waals surface area contributed by atoms with Crippen LogP contribution in [0.1, 0.15) is 34.7 Å². The first-order valence-corrected chi connectivity index (χ1v) is 8.30. The van der Waals surface area contributed by atoms with E-state index < -0.39 is 6.10 Å². The van der Waals surface area contributed by atoms with Crippen LogP contribution in [0.15, 0.2) is 42.5 Å². The van der Waals surface area contributed by atoms with Gasteiger partial charge in [-0.15, -0.1) is 0 Å². The summed E-state index contributed by atoms with van der Waals surface area (Å²) in [4.78, 5) is 12.2. The van der Waals surface area contributed by atoms with Crippen LogP contribution in [0.25, 0.3) is 0 Å². The standard InChI is InChI=1S/C20H23NO3/c1-13-7-8-16(11-14(13)2)24-10-9-19(23)21-20-17-6-4-3-5-15(17)12-18(20)22/h3-8,11,18,20,22H,9-10,12H2,1-2H3,(H,21,23)/t18-,20+/m1/s1. The lowest BCUT2D eigenvalue weighted by atomic mass is 10.1. The van der Waals surface area contributed by atoms with Gasteiger partial charge in [-0.2, -0.15) is 0 Å². The lowest BCUT2D eigenvalue weighted by Gasteiger charge is -2.18. The normalized spacial score (nSPS) is 19.0. The molecular weight excluding hydrogens is 302 g/mol. The molecule has 0 unspecified atom stereocenters. The fourth-order valence-corrected chi connectivity index (χ4v) is 3.06. The van der Waals surface area contributed by atoms with Crippen LogP contribution in [-0.2, 0) is 11.2 Å². The van der Waals surface area contributed by atoms with Crippen molar-refractivity contribution in [3.63, 3.8) is 0 Å². The van der Waals surface area contributed by atoms with Crippen LogP contribution in [0, 0.1) is 13.8 Å². The first-order valence-electron chi connectivity index (χ1n) is 8.30. The van der Waals surface area contributed by atoms with Gasteiger partial charge in [0, 0.05) is 6.42 Å². The van der Waals surface area contributed by atoms with Gasteiger partial charge >= 0.3 is 0 Å². The van der Waals surface area contributed by atoms with Crippen molar-refractivity contribution in [2.75, 3.05) is 6.61 Å². The highest BCUT2D eigenvalue weighted by atomic mass is 16.5. The highest BCUT2D eigenvalue weighted by Crippen LogP contribution is 2.31. The molecule has 0 fully saturated rings. The van der Waals surface area contributed by atoms with E-state index in [1.165, 1.54) is 11.1 Å². The largest absolute Gasteiger partial charge is 0.493 e. The quantitative estimate of drug-likeness (QED) is 0.889. The van der Waals surface area contributed by atoms with Crippen LogP contribution in [0.4, 0.5) is 0 Å². The van der Waals surface area contributed by atoms with Gasteiger partial charge in [0.1, 0.15) is 5.75 Å². The molecular formula is C20H23NO3. The number of carbonyl (C=O) groups excluding carboxylic acids is 1. The number of amides is 1. The molecule has 0 saturated heterocycles. The first-order chi connectivity index (χ1) is 11.5. The molecule has 0 saturated carbocycles. The van der Waals surface area contributed by atoms with Crippen molar-refractivity contribution in [2.45, 2.75) is 38.8 Å². The van der Waals surface area contributed by atoms with Crippen LogP contribution >= 0.6 is 0 Å². The Balaban J connectivity index is 1.52. The Kier molecular flexibility index (Phi) is 4.86. The molecule has 0 bridgehead atoms. The van der Waals surface area contributed by atoms with Crippen LogP contribution in [-0.4, -0.2) is 23.7 Å². The maximum Gasteiger partial charge on any atom is 0.223 e. The maximum absolute atomic E-state index is 12.2. The van der Waals surface area contributed by atoms with Gasteiger partial charge in [0.05, 0.1) is 25.2 Å². The minimum atomic E-state index is -0.563. The number of nitrogens with one attached hydrogen (secondary N) is 1. The molecule has 0 heterocycles. The molecule has 1 aliphatic carbocycles. The van der Waals surface area contributed by atoms with E-state index in [4.69, 9.17) is 4.74 Å². The summed E-state index contributed by atoms with van der Waals surface area (Å²) in [5.41, 5.74) is 4.49. The molecule has 3 rings (SSSR count). The van der Waals surface area contributed by atoms with Gasteiger partial charge in [0.15, 0.2) is 0 Å². The molecule has 4 heteroatoms. The number of benzene rings is 2. The van der Waals surface area contributed by atoms with Crippen molar-refractivity contribution >= 4 is 5.91 Å². The van der Waals surface area contributed by atoms with Crippen molar-refractivity contribution in [1.29, 1.82) is 0 Å². The van der Waals surface area contributed by atoms with Gasteiger partial charge in [-0.25, -0.2) is 0 Å². The lowest BCUT2D eigenvalue weighted by Crippen LogP contribution is -2.34. The summed E-state index contributed by atoms with van der Waals surface area (Å²) in [6.45, 7) is 4.41. The number of hydrogen-bond donors (Lipinski definition) is 2. The molecule has 0 spiro atoms. The van der Waals surface area contributed by atoms with Gasteiger partial charge in [0.25, 0.3) is 0 Å². The fourth-order valence-electron chi connectivity index (χ4n) is 3.06. The van der Waals surface area contributed by atoms with Gasteiger partial charge in [-0.3, -0.25) is 4.79 Å². The molecule has 2 atom stereocenters. The predicted molar refractivity (Wildman–Crippen MR) is 93.1 cm³/mol. The van der Waals surface area contributed by atoms with Crippen molar-refractivity contribution in [1.82, 2.24) is 5.32 Å². The number of hydrogen-bond acceptors (Lipinski definition) is 3. The fraction of sp³-hybridized carbons (Fsp3) is 0.350. The molecule has 1 aliphatic rings. The third kappa shape index (κ3) is 3.60. The van der Waals surface area contributed by atoms with Gasteiger partial charge in [0.2, 0.25) is 5.91 Å². The van der Waals surface area contributed by atoms with E-state index in [0.717, 1.165) is 16.9 Å². The second kappa shape index (κ2) is 7.05. The van der Waals surface area contributed by atoms with Crippen LogP contribution in [0.3, 0.4) is 0 Å². The Morgan fingerprint density at radius 3 is 2.79 bits per heavy atom. The highest BCUT2D eigenvalue weighted by Gasteiger charge is 2.31. The molecule has 2 aromatic carbocycles. The van der Waals surface area contributed by atoms with E-state index in [1.54, 1.807) is 0 Å². The van der Waals surface area contributed by atoms with E-state index in [1.807, 2.05) is 49.4 Å². The summed E-state index contributed by atoms with van der Waals surface area (Å²) in [6, 6.07) is 13.4. The molecule has 0 aliphatic heterocycles. The average Bonchev–Trinajstić information content (AvgIpc) is 2.87. The average molecular weight is 325 g/mol. The zero-order valence-corrected chi connectivity index (χ0v) is 14.1. The summed E-state index contributed by atoms with van der Waals surface area (Å²) in [6.07, 6.45) is 0.283. The van der Waals surface area contributed by atoms with Crippen molar-refractivity contribution in [2.24, 2.45) is 0 Å². The number of aliphatic hydroxyl groups is 1. The number of aryl methyl sites for hydroxylation is 2. The minimum Gasteiger partial charge on any atom is -0.493 e. The third-order valence-corrected chi connectivity index (χ3v) is 4.60. The Hall–Kier alpha value is -2.33. The molecule has 0 radical (unpaired) electrons. The number of ether oxygens (including phenoxy) is 1. The SMILES string of the molecule is Cc1ccc(OCCC(=O)N[C@H]2c3ccccc3C[C@H]2O)cc1C. The molecule has 2 N–H and O–H groups in total. The second-order valence-corrected chi connectivity index (χ2v) is 6.36. The Morgan fingerprint density at radius 2 is 2.00 bits per heavy atom. The zero-order valence-electron chi connectivity index (χ0n) is 14.1. The molecule has 2 aromatic rings. The maximum atomic E-state index is 12.2. The smallest absolute Gasteiger partial charge is 0.223 e. The Morgan fingerprint density at radius 1 is 1.21 bits per heavy atom. The van der Waals surface area contributed by atoms with Crippen LogP contribution in [0.5, 0.6) is 5.75 Å². The summed E-state index contributed by atoms with van der Waals surface area (Å²) < 4.78 is 5.65. The molecule has 0 aromatic heterocycles. The lowest BCUT2D eigenvalue weighted by molar-refractivity contribution is -0.123. The first kappa shape index (κ1) is 16.5. The highest BCUT2D eigenvalue weighted by molar-refractivity contribution is 5.77. The van der Waals surface area contributed by atoms with Crippen molar-refractivity contribution in [3.05, 3.63) is 64.7 Å². The van der Waals surface area contributed by atoms with Gasteiger partial charge in [-0.05, 0) is 48.2 Å². The molecule has 24 heavy (non-hydrogen) atoms. The number of aliphatic hydroxyl groups excluding tert-OH is 1. The Bertz CT molecular complexity index is 741. The van der Waals surface area contributed by atoms with E-state index in [2.05, 4.69) is 12.2 Å². The third-order valence-electron chi connectivity index (χ3n) is 4.60. The Labute approximate surface area is 142 Å². The predicted octanol–water partition coefficient (Wildman–Crippen LogP) is 2.85. The second-order valence-electron chi connectivity index (χ2n) is 6.36. The number of carbonyl (C=O) groups is 1. The van der Waals surface area contributed by atoms with Crippen LogP contribution < -0.4 is 10.1 Å². The molecule has 126 valence electrons. The van der Waals surface area contributed by atoms with Crippen molar-refractivity contribution < 1.29 is 14.6 Å². The monoisotopic (exact) mass is 325 g/mol. The minimum absolute atomic E-state index is 0.111. The zero-order chi connectivity index (χ0) is 17.1. The summed E-state index contributed by atoms with van der Waals surface area (Å²) in [5, 5.41) is 13.1. The van der Waals surface area contributed by atoms with E-state index in [-0.39, 0.29) is 18.4 Å². The number of rotatable bonds is 5. The topological polar surface area (TPSA) is 58.6 Å². The van der Waals surface area contributed by atoms with E-state index >= 15 is 0 Å². The summed E-state index contributed by atoms with van der Waals surface area (Å²) >= 11 is 0. The van der Waals surface area contributed by atoms with Gasteiger partial charge in [-0.1, -0.05) is 30.3 Å². The van der Waals surface area contributed by atoms with E-state index in [0.29, 0.717) is 13.0 Å². The van der Waals surface area contributed by atoms with Crippen LogP contribution in [0.2, 0.25) is 0 Å². The van der Waals surface area contributed by atoms with Crippen molar-refractivity contribution in [3.8, 4) is 5.75 Å². The molecule has 1 amide bonds. The summed E-state index contributed by atoms with van der Waals surface area (Å²) in [7, 11) is 0. The van der Waals surface area contributed by atoms with E-state index in [9.17, 15) is 9.90 Å². The number of fused-ring (bicyclic) bond motifs is 1. The molecule has 4 nitrogen and oxygen atoms in total. The summed E-state index contributed by atoms with van der Waals surface area (Å²) in [5.74, 6) is 0.664.